The van der Waals surface area contributed by atoms with Gasteiger partial charge in [-0.1, -0.05) is 18.2 Å². The molecule has 2 heterocycles. The average molecular weight is 355 g/mol. The van der Waals surface area contributed by atoms with Crippen LogP contribution in [-0.2, 0) is 24.2 Å². The van der Waals surface area contributed by atoms with E-state index in [4.69, 9.17) is 0 Å². The van der Waals surface area contributed by atoms with Gasteiger partial charge in [-0.2, -0.15) is 9.49 Å². The Morgan fingerprint density at radius 1 is 1.24 bits per heavy atom. The summed E-state index contributed by atoms with van der Waals surface area (Å²) in [7, 11) is 0. The minimum atomic E-state index is -0.266. The van der Waals surface area contributed by atoms with Crippen LogP contribution in [-0.4, -0.2) is 16.7 Å². The van der Waals surface area contributed by atoms with Crippen molar-refractivity contribution in [3.63, 3.8) is 0 Å². The van der Waals surface area contributed by atoms with E-state index in [9.17, 15) is 9.18 Å². The lowest BCUT2D eigenvalue weighted by Gasteiger charge is -2.15. The van der Waals surface area contributed by atoms with Gasteiger partial charge in [0.1, 0.15) is 6.54 Å². The van der Waals surface area contributed by atoms with Crippen LogP contribution < -0.4 is 5.43 Å². The largest absolute Gasteiger partial charge is 0.335 e. The van der Waals surface area contributed by atoms with E-state index in [1.54, 1.807) is 6.07 Å². The SMILES string of the molecule is O=C(Cn1c2c(c3ccccc31)CCCC2)N/N=C\c1ccc(F)s1. The van der Waals surface area contributed by atoms with Crippen molar-refractivity contribution in [2.75, 3.05) is 0 Å². The summed E-state index contributed by atoms with van der Waals surface area (Å²) in [4.78, 5) is 13.0. The maximum Gasteiger partial charge on any atom is 0.259 e. The van der Waals surface area contributed by atoms with E-state index in [2.05, 4.69) is 27.2 Å². The Kier molecular flexibility index (Phi) is 4.36. The fraction of sp³-hybridized carbons (Fsp3) is 0.263. The van der Waals surface area contributed by atoms with Gasteiger partial charge in [0.2, 0.25) is 0 Å². The molecule has 4 nitrogen and oxygen atoms in total. The van der Waals surface area contributed by atoms with Crippen LogP contribution >= 0.6 is 11.3 Å². The van der Waals surface area contributed by atoms with Crippen LogP contribution in [0.25, 0.3) is 10.9 Å². The molecule has 1 aromatic carbocycles. The van der Waals surface area contributed by atoms with Crippen LogP contribution in [0.2, 0.25) is 0 Å². The minimum absolute atomic E-state index is 0.178. The monoisotopic (exact) mass is 355 g/mol. The summed E-state index contributed by atoms with van der Waals surface area (Å²) in [5.74, 6) is -0.178. The zero-order valence-corrected chi connectivity index (χ0v) is 14.5. The van der Waals surface area contributed by atoms with Gasteiger partial charge in [-0.3, -0.25) is 4.79 Å². The molecule has 0 saturated heterocycles. The van der Waals surface area contributed by atoms with Gasteiger partial charge in [0, 0.05) is 16.6 Å². The lowest BCUT2D eigenvalue weighted by Crippen LogP contribution is -2.24. The van der Waals surface area contributed by atoms with E-state index in [0.717, 1.165) is 36.1 Å². The molecule has 2 aromatic heterocycles. The molecule has 128 valence electrons. The van der Waals surface area contributed by atoms with Gasteiger partial charge in [-0.25, -0.2) is 5.43 Å². The van der Waals surface area contributed by atoms with Crippen molar-refractivity contribution < 1.29 is 9.18 Å². The number of fused-ring (bicyclic) bond motifs is 3. The van der Waals surface area contributed by atoms with Gasteiger partial charge >= 0.3 is 0 Å². The Balaban J connectivity index is 1.54. The Hall–Kier alpha value is -2.47. The number of benzene rings is 1. The second-order valence-electron chi connectivity index (χ2n) is 6.17. The van der Waals surface area contributed by atoms with Gasteiger partial charge in [-0.05, 0) is 49.4 Å². The molecule has 1 aliphatic rings. The third-order valence-electron chi connectivity index (χ3n) is 4.56. The summed E-state index contributed by atoms with van der Waals surface area (Å²) in [6, 6.07) is 11.3. The number of hydrogen-bond acceptors (Lipinski definition) is 3. The first-order chi connectivity index (χ1) is 12.2. The maximum absolute atomic E-state index is 12.9. The number of nitrogens with zero attached hydrogens (tertiary/aromatic N) is 2. The fourth-order valence-corrected chi connectivity index (χ4v) is 4.11. The number of aryl methyl sites for hydroxylation is 1. The molecule has 1 aliphatic carbocycles. The molecule has 4 rings (SSSR count). The van der Waals surface area contributed by atoms with Gasteiger partial charge in [0.05, 0.1) is 11.1 Å². The molecule has 6 heteroatoms. The zero-order valence-electron chi connectivity index (χ0n) is 13.7. The van der Waals surface area contributed by atoms with Crippen molar-refractivity contribution in [2.45, 2.75) is 32.2 Å². The average Bonchev–Trinajstić information content (AvgIpc) is 3.18. The highest BCUT2D eigenvalue weighted by molar-refractivity contribution is 7.12. The van der Waals surface area contributed by atoms with E-state index in [-0.39, 0.29) is 17.6 Å². The fourth-order valence-electron chi connectivity index (χ4n) is 3.51. The number of halogens is 1. The maximum atomic E-state index is 12.9. The first-order valence-corrected chi connectivity index (χ1v) is 9.20. The van der Waals surface area contributed by atoms with Gasteiger partial charge in [0.25, 0.3) is 5.91 Å². The molecule has 0 aliphatic heterocycles. The Bertz CT molecular complexity index is 957. The van der Waals surface area contributed by atoms with Crippen molar-refractivity contribution in [2.24, 2.45) is 5.10 Å². The number of rotatable bonds is 4. The summed E-state index contributed by atoms with van der Waals surface area (Å²) in [6.45, 7) is 0.242. The molecule has 1 amide bonds. The van der Waals surface area contributed by atoms with Crippen LogP contribution in [0.5, 0.6) is 0 Å². The van der Waals surface area contributed by atoms with Gasteiger partial charge < -0.3 is 4.57 Å². The van der Waals surface area contributed by atoms with E-state index in [1.807, 2.05) is 12.1 Å². The van der Waals surface area contributed by atoms with Crippen molar-refractivity contribution in [3.05, 3.63) is 57.7 Å². The quantitative estimate of drug-likeness (QED) is 0.560. The zero-order chi connectivity index (χ0) is 17.2. The summed E-state index contributed by atoms with van der Waals surface area (Å²) in [5.41, 5.74) is 6.30. The highest BCUT2D eigenvalue weighted by Crippen LogP contribution is 2.31. The third kappa shape index (κ3) is 3.22. The summed E-state index contributed by atoms with van der Waals surface area (Å²) in [5, 5.41) is 4.92. The van der Waals surface area contributed by atoms with E-state index < -0.39 is 0 Å². The molecule has 0 bridgehead atoms. The Morgan fingerprint density at radius 3 is 2.92 bits per heavy atom. The topological polar surface area (TPSA) is 46.4 Å². The number of carbonyl (C=O) groups is 1. The minimum Gasteiger partial charge on any atom is -0.335 e. The highest BCUT2D eigenvalue weighted by Gasteiger charge is 2.20. The van der Waals surface area contributed by atoms with Crippen LogP contribution in [0.1, 0.15) is 29.0 Å². The molecular weight excluding hydrogens is 337 g/mol. The summed E-state index contributed by atoms with van der Waals surface area (Å²) < 4.78 is 15.1. The molecule has 0 spiro atoms. The van der Waals surface area contributed by atoms with Crippen LogP contribution in [0, 0.1) is 5.13 Å². The second-order valence-corrected chi connectivity index (χ2v) is 7.24. The molecule has 25 heavy (non-hydrogen) atoms. The molecule has 3 aromatic rings. The number of hydrogen-bond donors (Lipinski definition) is 1. The lowest BCUT2D eigenvalue weighted by molar-refractivity contribution is -0.121. The predicted molar refractivity (Wildman–Crippen MR) is 98.6 cm³/mol. The first-order valence-electron chi connectivity index (χ1n) is 8.38. The molecule has 0 fully saturated rings. The molecule has 0 saturated carbocycles. The number of carbonyl (C=O) groups excluding carboxylic acids is 1. The molecule has 0 unspecified atom stereocenters. The van der Waals surface area contributed by atoms with E-state index in [0.29, 0.717) is 4.88 Å². The number of nitrogens with one attached hydrogen (secondary N) is 1. The van der Waals surface area contributed by atoms with Crippen LogP contribution in [0.15, 0.2) is 41.5 Å². The molecule has 0 atom stereocenters. The van der Waals surface area contributed by atoms with Crippen molar-refractivity contribution in [1.82, 2.24) is 9.99 Å². The van der Waals surface area contributed by atoms with Gasteiger partial charge in [0.15, 0.2) is 5.13 Å². The molecule has 1 N–H and O–H groups in total. The number of thiophene rings is 1. The third-order valence-corrected chi connectivity index (χ3v) is 5.37. The normalized spacial score (nSPS) is 14.1. The Labute approximate surface area is 149 Å². The van der Waals surface area contributed by atoms with E-state index >= 15 is 0 Å². The number of amides is 1. The standard InChI is InChI=1S/C19H18FN3OS/c20-18-10-9-13(25-18)11-21-22-19(24)12-23-16-7-3-1-5-14(16)15-6-2-4-8-17(15)23/h1,3,5,7,9-11H,2,4,6,8,12H2,(H,22,24)/b21-11-. The summed E-state index contributed by atoms with van der Waals surface area (Å²) >= 11 is 0.993. The van der Waals surface area contributed by atoms with Crippen LogP contribution in [0.4, 0.5) is 4.39 Å². The Morgan fingerprint density at radius 2 is 2.08 bits per heavy atom. The van der Waals surface area contributed by atoms with Crippen molar-refractivity contribution in [1.29, 1.82) is 0 Å². The molecular formula is C19H18FN3OS. The molecule has 0 radical (unpaired) electrons. The van der Waals surface area contributed by atoms with Crippen molar-refractivity contribution in [3.8, 4) is 0 Å². The number of aromatic nitrogens is 1. The number of hydrazone groups is 1. The highest BCUT2D eigenvalue weighted by atomic mass is 32.1. The number of para-hydroxylation sites is 1. The van der Waals surface area contributed by atoms with Crippen LogP contribution in [0.3, 0.4) is 0 Å². The van der Waals surface area contributed by atoms with Crippen molar-refractivity contribution >= 4 is 34.4 Å². The second kappa shape index (κ2) is 6.80. The smallest absolute Gasteiger partial charge is 0.259 e. The predicted octanol–water partition coefficient (Wildman–Crippen LogP) is 3.87. The van der Waals surface area contributed by atoms with Gasteiger partial charge in [-0.15, -0.1) is 11.3 Å². The first kappa shape index (κ1) is 16.0. The lowest BCUT2D eigenvalue weighted by atomic mass is 9.96. The van der Waals surface area contributed by atoms with E-state index in [1.165, 1.54) is 35.3 Å². The summed E-state index contributed by atoms with van der Waals surface area (Å²) in [6.07, 6.45) is 5.92.